The third kappa shape index (κ3) is 2.53. The summed E-state index contributed by atoms with van der Waals surface area (Å²) in [6.07, 6.45) is 1.80. The van der Waals surface area contributed by atoms with Gasteiger partial charge in [0.2, 0.25) is 0 Å². The van der Waals surface area contributed by atoms with Crippen LogP contribution in [0.4, 0.5) is 0 Å². The van der Waals surface area contributed by atoms with E-state index in [1.165, 1.54) is 11.1 Å². The summed E-state index contributed by atoms with van der Waals surface area (Å²) in [7, 11) is 0. The van der Waals surface area contributed by atoms with E-state index in [9.17, 15) is 0 Å². The third-order valence-electron chi connectivity index (χ3n) is 2.95. The molecule has 17 heavy (non-hydrogen) atoms. The van der Waals surface area contributed by atoms with E-state index < -0.39 is 0 Å². The Bertz CT molecular complexity index is 512. The van der Waals surface area contributed by atoms with E-state index in [4.69, 9.17) is 5.73 Å². The van der Waals surface area contributed by atoms with Gasteiger partial charge in [0, 0.05) is 6.20 Å². The van der Waals surface area contributed by atoms with Crippen LogP contribution in [0.15, 0.2) is 36.5 Å². The van der Waals surface area contributed by atoms with Crippen LogP contribution in [0.1, 0.15) is 34.0 Å². The number of pyridine rings is 1. The minimum atomic E-state index is -0.144. The zero-order valence-corrected chi connectivity index (χ0v) is 10.6. The van der Waals surface area contributed by atoms with Crippen LogP contribution in [0.25, 0.3) is 0 Å². The van der Waals surface area contributed by atoms with Gasteiger partial charge in [-0.3, -0.25) is 4.98 Å². The normalized spacial score (nSPS) is 12.5. The molecule has 2 aromatic rings. The van der Waals surface area contributed by atoms with Crippen molar-refractivity contribution in [2.45, 2.75) is 26.8 Å². The lowest BCUT2D eigenvalue weighted by molar-refractivity contribution is 0.815. The highest BCUT2D eigenvalue weighted by Crippen LogP contribution is 2.22. The van der Waals surface area contributed by atoms with Crippen molar-refractivity contribution in [3.05, 3.63) is 64.5 Å². The number of nitrogens with two attached hydrogens (primary N) is 1. The highest BCUT2D eigenvalue weighted by Gasteiger charge is 2.12. The van der Waals surface area contributed by atoms with Crippen LogP contribution in [-0.2, 0) is 0 Å². The van der Waals surface area contributed by atoms with Crippen LogP contribution in [0, 0.1) is 20.8 Å². The van der Waals surface area contributed by atoms with Crippen LogP contribution >= 0.6 is 0 Å². The first-order chi connectivity index (χ1) is 8.08. The first kappa shape index (κ1) is 11.8. The molecule has 0 spiro atoms. The summed E-state index contributed by atoms with van der Waals surface area (Å²) in [6, 6.07) is 10.3. The lowest BCUT2D eigenvalue weighted by Gasteiger charge is -2.15. The molecule has 0 aliphatic heterocycles. The van der Waals surface area contributed by atoms with Crippen LogP contribution in [0.3, 0.4) is 0 Å². The van der Waals surface area contributed by atoms with Gasteiger partial charge in [-0.15, -0.1) is 0 Å². The van der Waals surface area contributed by atoms with Crippen molar-refractivity contribution in [2.24, 2.45) is 5.73 Å². The molecule has 2 rings (SSSR count). The number of nitrogens with zero attached hydrogens (tertiary/aromatic N) is 1. The van der Waals surface area contributed by atoms with E-state index in [-0.39, 0.29) is 6.04 Å². The number of benzene rings is 1. The zero-order chi connectivity index (χ0) is 12.4. The number of rotatable bonds is 2. The molecule has 1 heterocycles. The van der Waals surface area contributed by atoms with Gasteiger partial charge in [0.1, 0.15) is 0 Å². The molecule has 2 heteroatoms. The standard InChI is InChI=1S/C15H18N2/c1-10-7-11(2)9-13(8-10)14(16)15-12(3)5-4-6-17-15/h4-9,14H,16H2,1-3H3. The van der Waals surface area contributed by atoms with Crippen LogP contribution < -0.4 is 5.73 Å². The first-order valence-corrected chi connectivity index (χ1v) is 5.83. The molecule has 0 amide bonds. The topological polar surface area (TPSA) is 38.9 Å². The van der Waals surface area contributed by atoms with Gasteiger partial charge < -0.3 is 5.73 Å². The van der Waals surface area contributed by atoms with E-state index in [2.05, 4.69) is 37.0 Å². The van der Waals surface area contributed by atoms with E-state index in [0.717, 1.165) is 16.8 Å². The predicted octanol–water partition coefficient (Wildman–Crippen LogP) is 3.05. The van der Waals surface area contributed by atoms with Crippen molar-refractivity contribution in [1.29, 1.82) is 0 Å². The maximum Gasteiger partial charge on any atom is 0.0729 e. The quantitative estimate of drug-likeness (QED) is 0.854. The molecule has 0 radical (unpaired) electrons. The lowest BCUT2D eigenvalue weighted by Crippen LogP contribution is -2.15. The van der Waals surface area contributed by atoms with E-state index in [1.807, 2.05) is 19.1 Å². The fourth-order valence-corrected chi connectivity index (χ4v) is 2.17. The van der Waals surface area contributed by atoms with Gasteiger partial charge in [-0.05, 0) is 38.0 Å². The van der Waals surface area contributed by atoms with Crippen LogP contribution in [-0.4, -0.2) is 4.98 Å². The third-order valence-corrected chi connectivity index (χ3v) is 2.95. The molecule has 0 saturated carbocycles. The Morgan fingerprint density at radius 1 is 1.06 bits per heavy atom. The molecule has 0 fully saturated rings. The molecule has 1 aromatic heterocycles. The molecule has 2 N–H and O–H groups in total. The Labute approximate surface area is 103 Å². The minimum Gasteiger partial charge on any atom is -0.319 e. The highest BCUT2D eigenvalue weighted by molar-refractivity contribution is 5.36. The molecule has 0 aliphatic carbocycles. The fourth-order valence-electron chi connectivity index (χ4n) is 2.17. The van der Waals surface area contributed by atoms with Gasteiger partial charge in [0.15, 0.2) is 0 Å². The van der Waals surface area contributed by atoms with E-state index in [1.54, 1.807) is 6.20 Å². The smallest absolute Gasteiger partial charge is 0.0729 e. The van der Waals surface area contributed by atoms with Crippen molar-refractivity contribution in [2.75, 3.05) is 0 Å². The lowest BCUT2D eigenvalue weighted by atomic mass is 9.97. The Kier molecular flexibility index (Phi) is 3.25. The van der Waals surface area contributed by atoms with Gasteiger partial charge in [-0.1, -0.05) is 35.4 Å². The predicted molar refractivity (Wildman–Crippen MR) is 70.9 cm³/mol. The monoisotopic (exact) mass is 226 g/mol. The molecule has 88 valence electrons. The van der Waals surface area contributed by atoms with Crippen molar-refractivity contribution in [1.82, 2.24) is 4.98 Å². The van der Waals surface area contributed by atoms with Crippen LogP contribution in [0.2, 0.25) is 0 Å². The summed E-state index contributed by atoms with van der Waals surface area (Å²) < 4.78 is 0. The summed E-state index contributed by atoms with van der Waals surface area (Å²) in [5.41, 5.74) is 12.0. The summed E-state index contributed by atoms with van der Waals surface area (Å²) in [6.45, 7) is 6.23. The molecule has 1 atom stereocenters. The van der Waals surface area contributed by atoms with Gasteiger partial charge >= 0.3 is 0 Å². The highest BCUT2D eigenvalue weighted by atomic mass is 14.8. The zero-order valence-electron chi connectivity index (χ0n) is 10.6. The molecule has 1 unspecified atom stereocenters. The van der Waals surface area contributed by atoms with E-state index in [0.29, 0.717) is 0 Å². The fraction of sp³-hybridized carbons (Fsp3) is 0.267. The average molecular weight is 226 g/mol. The largest absolute Gasteiger partial charge is 0.319 e. The first-order valence-electron chi connectivity index (χ1n) is 5.83. The molecular formula is C15H18N2. The summed E-state index contributed by atoms with van der Waals surface area (Å²) in [4.78, 5) is 4.39. The second-order valence-corrected chi connectivity index (χ2v) is 4.60. The van der Waals surface area contributed by atoms with Crippen LogP contribution in [0.5, 0.6) is 0 Å². The minimum absolute atomic E-state index is 0.144. The molecule has 0 saturated heterocycles. The Hall–Kier alpha value is -1.67. The molecule has 1 aromatic carbocycles. The van der Waals surface area contributed by atoms with Gasteiger partial charge in [-0.2, -0.15) is 0 Å². The maximum atomic E-state index is 6.29. The Balaban J connectivity index is 2.43. The molecule has 0 bridgehead atoms. The number of hydrogen-bond donors (Lipinski definition) is 1. The Morgan fingerprint density at radius 2 is 1.71 bits per heavy atom. The van der Waals surface area contributed by atoms with Crippen molar-refractivity contribution in [3.63, 3.8) is 0 Å². The summed E-state index contributed by atoms with van der Waals surface area (Å²) in [5.74, 6) is 0. The molecule has 2 nitrogen and oxygen atoms in total. The van der Waals surface area contributed by atoms with Gasteiger partial charge in [-0.25, -0.2) is 0 Å². The molecule has 0 aliphatic rings. The average Bonchev–Trinajstić information content (AvgIpc) is 2.27. The van der Waals surface area contributed by atoms with Crippen molar-refractivity contribution in [3.8, 4) is 0 Å². The summed E-state index contributed by atoms with van der Waals surface area (Å²) in [5, 5.41) is 0. The Morgan fingerprint density at radius 3 is 2.29 bits per heavy atom. The number of aromatic nitrogens is 1. The SMILES string of the molecule is Cc1cc(C)cc(C(N)c2ncccc2C)c1. The molecular weight excluding hydrogens is 208 g/mol. The second-order valence-electron chi connectivity index (χ2n) is 4.60. The number of hydrogen-bond acceptors (Lipinski definition) is 2. The van der Waals surface area contributed by atoms with Crippen molar-refractivity contribution < 1.29 is 0 Å². The maximum absolute atomic E-state index is 6.29. The second kappa shape index (κ2) is 4.68. The van der Waals surface area contributed by atoms with E-state index >= 15 is 0 Å². The summed E-state index contributed by atoms with van der Waals surface area (Å²) >= 11 is 0. The number of aryl methyl sites for hydroxylation is 3. The van der Waals surface area contributed by atoms with Gasteiger partial charge in [0.05, 0.1) is 11.7 Å². The van der Waals surface area contributed by atoms with Gasteiger partial charge in [0.25, 0.3) is 0 Å². The van der Waals surface area contributed by atoms with Crippen molar-refractivity contribution >= 4 is 0 Å².